The molecular weight excluding hydrogens is 475 g/mol. The number of benzene rings is 3. The molecule has 0 atom stereocenters. The van der Waals surface area contributed by atoms with E-state index in [1.54, 1.807) is 35.1 Å². The van der Waals surface area contributed by atoms with Crippen LogP contribution in [0.1, 0.15) is 15.2 Å². The number of aryl methyl sites for hydroxylation is 1. The average Bonchev–Trinajstić information content (AvgIpc) is 3.29. The molecule has 0 aliphatic heterocycles. The smallest absolute Gasteiger partial charge is 0.267 e. The van der Waals surface area contributed by atoms with Crippen molar-refractivity contribution in [3.63, 3.8) is 0 Å². The molecule has 0 saturated carbocycles. The molecule has 5 aromatic rings. The van der Waals surface area contributed by atoms with E-state index in [9.17, 15) is 4.79 Å². The molecule has 2 heterocycles. The summed E-state index contributed by atoms with van der Waals surface area (Å²) in [5.41, 5.74) is 3.64. The monoisotopic (exact) mass is 486 g/mol. The van der Waals surface area contributed by atoms with Gasteiger partial charge in [-0.3, -0.25) is 4.79 Å². The standard InChI is InChI=1S/C22H13Cl3N4OS/c1-11-2-5-13(6-3-11)29-27-17-9-15(24)16(10-18(17)28-29)26-22(30)21-20(25)14-7-4-12(23)8-19(14)31-21/h2-10H,1H3,(H,26,30). The van der Waals surface area contributed by atoms with Crippen molar-refractivity contribution in [3.8, 4) is 5.69 Å². The Kier molecular flexibility index (Phi) is 5.10. The molecule has 1 N–H and O–H groups in total. The lowest BCUT2D eigenvalue weighted by molar-refractivity contribution is 0.103. The predicted molar refractivity (Wildman–Crippen MR) is 128 cm³/mol. The van der Waals surface area contributed by atoms with Crippen molar-refractivity contribution < 1.29 is 4.79 Å². The first kappa shape index (κ1) is 20.3. The molecule has 0 unspecified atom stereocenters. The van der Waals surface area contributed by atoms with Crippen LogP contribution in [0.25, 0.3) is 26.8 Å². The van der Waals surface area contributed by atoms with Gasteiger partial charge in [0.05, 0.1) is 21.4 Å². The van der Waals surface area contributed by atoms with E-state index in [1.807, 2.05) is 31.2 Å². The van der Waals surface area contributed by atoms with Crippen LogP contribution >= 0.6 is 46.1 Å². The minimum Gasteiger partial charge on any atom is -0.320 e. The van der Waals surface area contributed by atoms with E-state index in [0.717, 1.165) is 21.3 Å². The summed E-state index contributed by atoms with van der Waals surface area (Å²) < 4.78 is 0.838. The van der Waals surface area contributed by atoms with Crippen LogP contribution in [0.15, 0.2) is 54.6 Å². The number of halogens is 3. The second kappa shape index (κ2) is 7.80. The zero-order chi connectivity index (χ0) is 21.7. The molecule has 0 fully saturated rings. The predicted octanol–water partition coefficient (Wildman–Crippen LogP) is 7.16. The lowest BCUT2D eigenvalue weighted by Gasteiger charge is -2.06. The van der Waals surface area contributed by atoms with E-state index >= 15 is 0 Å². The Hall–Kier alpha value is -2.64. The number of carbonyl (C=O) groups is 1. The number of carbonyl (C=O) groups excluding carboxylic acids is 1. The first-order valence-electron chi connectivity index (χ1n) is 9.21. The van der Waals surface area contributed by atoms with Crippen molar-refractivity contribution in [1.82, 2.24) is 15.0 Å². The summed E-state index contributed by atoms with van der Waals surface area (Å²) in [7, 11) is 0. The van der Waals surface area contributed by atoms with Crippen molar-refractivity contribution >= 4 is 78.9 Å². The molecular formula is C22H13Cl3N4OS. The zero-order valence-electron chi connectivity index (χ0n) is 16.0. The van der Waals surface area contributed by atoms with Crippen molar-refractivity contribution in [1.29, 1.82) is 0 Å². The van der Waals surface area contributed by atoms with Crippen LogP contribution in [0.3, 0.4) is 0 Å². The topological polar surface area (TPSA) is 59.8 Å². The van der Waals surface area contributed by atoms with Crippen LogP contribution in [0.4, 0.5) is 5.69 Å². The molecule has 5 rings (SSSR count). The van der Waals surface area contributed by atoms with Crippen LogP contribution in [0.5, 0.6) is 0 Å². The molecule has 5 nitrogen and oxygen atoms in total. The molecule has 1 amide bonds. The minimum atomic E-state index is -0.352. The minimum absolute atomic E-state index is 0.352. The maximum atomic E-state index is 12.9. The van der Waals surface area contributed by atoms with E-state index in [4.69, 9.17) is 34.8 Å². The summed E-state index contributed by atoms with van der Waals surface area (Å²) >= 11 is 20.2. The van der Waals surface area contributed by atoms with Gasteiger partial charge < -0.3 is 5.32 Å². The maximum Gasteiger partial charge on any atom is 0.267 e. The van der Waals surface area contributed by atoms with Gasteiger partial charge in [-0.1, -0.05) is 58.6 Å². The van der Waals surface area contributed by atoms with Crippen LogP contribution in [0, 0.1) is 6.92 Å². The molecule has 0 bridgehead atoms. The van der Waals surface area contributed by atoms with Crippen LogP contribution in [0.2, 0.25) is 15.1 Å². The number of amides is 1. The number of rotatable bonds is 3. The summed E-state index contributed by atoms with van der Waals surface area (Å²) in [6, 6.07) is 16.6. The second-order valence-electron chi connectivity index (χ2n) is 6.99. The molecule has 0 spiro atoms. The number of nitrogens with one attached hydrogen (secondary N) is 1. The highest BCUT2D eigenvalue weighted by molar-refractivity contribution is 7.21. The molecule has 0 aliphatic rings. The molecule has 0 aliphatic carbocycles. The summed E-state index contributed by atoms with van der Waals surface area (Å²) in [5, 5.41) is 13.9. The van der Waals surface area contributed by atoms with Gasteiger partial charge in [-0.2, -0.15) is 4.80 Å². The van der Waals surface area contributed by atoms with Crippen molar-refractivity contribution in [2.45, 2.75) is 6.92 Å². The van der Waals surface area contributed by atoms with Crippen LogP contribution in [-0.4, -0.2) is 20.9 Å². The van der Waals surface area contributed by atoms with Gasteiger partial charge in [0.2, 0.25) is 0 Å². The van der Waals surface area contributed by atoms with Crippen molar-refractivity contribution in [2.24, 2.45) is 0 Å². The van der Waals surface area contributed by atoms with Crippen molar-refractivity contribution in [3.05, 3.63) is 80.1 Å². The third-order valence-electron chi connectivity index (χ3n) is 4.78. The number of nitrogens with zero attached hydrogens (tertiary/aromatic N) is 3. The highest BCUT2D eigenvalue weighted by atomic mass is 35.5. The Morgan fingerprint density at radius 2 is 1.68 bits per heavy atom. The average molecular weight is 488 g/mol. The maximum absolute atomic E-state index is 12.9. The Morgan fingerprint density at radius 3 is 2.42 bits per heavy atom. The summed E-state index contributed by atoms with van der Waals surface area (Å²) in [6.07, 6.45) is 0. The van der Waals surface area contributed by atoms with Gasteiger partial charge >= 0.3 is 0 Å². The third-order valence-corrected chi connectivity index (χ3v) is 6.98. The fourth-order valence-corrected chi connectivity index (χ4v) is 5.08. The molecule has 0 radical (unpaired) electrons. The quantitative estimate of drug-likeness (QED) is 0.294. The molecule has 0 saturated heterocycles. The molecule has 3 aromatic carbocycles. The first-order valence-corrected chi connectivity index (χ1v) is 11.2. The first-order chi connectivity index (χ1) is 14.9. The van der Waals surface area contributed by atoms with Crippen LogP contribution < -0.4 is 5.32 Å². The highest BCUT2D eigenvalue weighted by Gasteiger charge is 2.19. The fraction of sp³-hybridized carbons (Fsp3) is 0.0455. The van der Waals surface area contributed by atoms with E-state index < -0.39 is 0 Å². The Balaban J connectivity index is 1.49. The van der Waals surface area contributed by atoms with Gasteiger partial charge in [0, 0.05) is 15.1 Å². The zero-order valence-corrected chi connectivity index (χ0v) is 19.1. The van der Waals surface area contributed by atoms with Crippen molar-refractivity contribution in [2.75, 3.05) is 5.32 Å². The van der Waals surface area contributed by atoms with E-state index in [-0.39, 0.29) is 5.91 Å². The van der Waals surface area contributed by atoms with Crippen LogP contribution in [-0.2, 0) is 0 Å². The SMILES string of the molecule is Cc1ccc(-n2nc3cc(Cl)c(NC(=O)c4sc5cc(Cl)ccc5c4Cl)cc3n2)cc1. The lowest BCUT2D eigenvalue weighted by Crippen LogP contribution is -2.11. The van der Waals surface area contributed by atoms with Gasteiger partial charge in [0.25, 0.3) is 5.91 Å². The van der Waals surface area contributed by atoms with Gasteiger partial charge in [-0.25, -0.2) is 0 Å². The Morgan fingerprint density at radius 1 is 0.968 bits per heavy atom. The molecule has 9 heteroatoms. The summed E-state index contributed by atoms with van der Waals surface area (Å²) in [5.74, 6) is -0.352. The van der Waals surface area contributed by atoms with E-state index in [0.29, 0.717) is 36.7 Å². The summed E-state index contributed by atoms with van der Waals surface area (Å²) in [6.45, 7) is 2.02. The number of hydrogen-bond donors (Lipinski definition) is 1. The Labute approximate surface area is 196 Å². The van der Waals surface area contributed by atoms with Gasteiger partial charge in [-0.15, -0.1) is 21.5 Å². The van der Waals surface area contributed by atoms with Gasteiger partial charge in [0.1, 0.15) is 15.9 Å². The molecule has 154 valence electrons. The molecule has 31 heavy (non-hydrogen) atoms. The second-order valence-corrected chi connectivity index (χ2v) is 9.26. The fourth-order valence-electron chi connectivity index (χ4n) is 3.19. The number of thiophene rings is 1. The van der Waals surface area contributed by atoms with Gasteiger partial charge in [-0.05, 0) is 43.3 Å². The number of anilines is 1. The normalized spacial score (nSPS) is 11.4. The largest absolute Gasteiger partial charge is 0.320 e. The molecule has 2 aromatic heterocycles. The van der Waals surface area contributed by atoms with Gasteiger partial charge in [0.15, 0.2) is 0 Å². The Bertz CT molecular complexity index is 1470. The van der Waals surface area contributed by atoms with E-state index in [2.05, 4.69) is 15.5 Å². The summed E-state index contributed by atoms with van der Waals surface area (Å²) in [4.78, 5) is 14.8. The number of aromatic nitrogens is 3. The highest BCUT2D eigenvalue weighted by Crippen LogP contribution is 2.37. The van der Waals surface area contributed by atoms with E-state index in [1.165, 1.54) is 11.3 Å². The lowest BCUT2D eigenvalue weighted by atomic mass is 10.2. The number of fused-ring (bicyclic) bond motifs is 2. The third kappa shape index (κ3) is 3.77. The number of hydrogen-bond acceptors (Lipinski definition) is 4.